The van der Waals surface area contributed by atoms with Gasteiger partial charge in [-0.2, -0.15) is 0 Å². The Labute approximate surface area is 106 Å². The first kappa shape index (κ1) is 15.9. The largest absolute Gasteiger partial charge is 0.439 e. The zero-order chi connectivity index (χ0) is 14.3. The molecule has 0 radical (unpaired) electrons. The topological polar surface area (TPSA) is 95.5 Å². The van der Waals surface area contributed by atoms with Crippen LogP contribution >= 0.6 is 0 Å². The molecule has 1 aromatic carbocycles. The van der Waals surface area contributed by atoms with Gasteiger partial charge in [-0.1, -0.05) is 13.8 Å². The van der Waals surface area contributed by atoms with Crippen LogP contribution < -0.4 is 5.73 Å². The summed E-state index contributed by atoms with van der Waals surface area (Å²) >= 11 is 0. The molecule has 18 heavy (non-hydrogen) atoms. The van der Waals surface area contributed by atoms with E-state index < -0.39 is 16.6 Å². The summed E-state index contributed by atoms with van der Waals surface area (Å²) in [5.41, 5.74) is 4.64. The highest BCUT2D eigenvalue weighted by molar-refractivity contribution is 5.65. The Morgan fingerprint density at radius 3 is 2.06 bits per heavy atom. The monoisotopic (exact) mass is 254 g/mol. The number of ether oxygens (including phenoxy) is 1. The number of nitro benzene ring substituents is 1. The standard InChI is InChI=1S/C10H12N2O4.C2H6/c1-10(2,16-9(11)13)7-3-5-8(6-4-7)12(14)15;1-2/h3-6H,1-2H3,(H2,11,13);1-2H3. The number of nitrogens with two attached hydrogens (primary N) is 1. The molecule has 0 spiro atoms. The molecule has 0 aliphatic carbocycles. The third kappa shape index (κ3) is 4.40. The first-order chi connectivity index (χ1) is 8.33. The molecule has 0 bridgehead atoms. The molecule has 0 aromatic heterocycles. The fourth-order valence-electron chi connectivity index (χ4n) is 1.29. The Morgan fingerprint density at radius 1 is 1.28 bits per heavy atom. The first-order valence-corrected chi connectivity index (χ1v) is 5.56. The number of nitrogens with zero attached hydrogens (tertiary/aromatic N) is 1. The minimum Gasteiger partial charge on any atom is -0.439 e. The van der Waals surface area contributed by atoms with E-state index in [4.69, 9.17) is 10.5 Å². The number of rotatable bonds is 3. The molecule has 6 nitrogen and oxygen atoms in total. The first-order valence-electron chi connectivity index (χ1n) is 5.56. The van der Waals surface area contributed by atoms with Gasteiger partial charge in [-0.3, -0.25) is 10.1 Å². The van der Waals surface area contributed by atoms with E-state index in [2.05, 4.69) is 0 Å². The maximum absolute atomic E-state index is 10.7. The number of non-ortho nitro benzene ring substituents is 1. The van der Waals surface area contributed by atoms with Crippen molar-refractivity contribution in [1.82, 2.24) is 0 Å². The molecule has 6 heteroatoms. The van der Waals surface area contributed by atoms with Gasteiger partial charge < -0.3 is 10.5 Å². The second-order valence-corrected chi connectivity index (χ2v) is 3.74. The number of carbonyl (C=O) groups excluding carboxylic acids is 1. The summed E-state index contributed by atoms with van der Waals surface area (Å²) in [6.07, 6.45) is -0.886. The Kier molecular flexibility index (Phi) is 5.81. The van der Waals surface area contributed by atoms with Gasteiger partial charge in [0.2, 0.25) is 0 Å². The lowest BCUT2D eigenvalue weighted by Gasteiger charge is -2.24. The van der Waals surface area contributed by atoms with Crippen LogP contribution in [0.3, 0.4) is 0 Å². The van der Waals surface area contributed by atoms with Gasteiger partial charge >= 0.3 is 6.09 Å². The third-order valence-corrected chi connectivity index (χ3v) is 2.13. The molecule has 0 fully saturated rings. The molecule has 0 saturated carbocycles. The third-order valence-electron chi connectivity index (χ3n) is 2.13. The summed E-state index contributed by atoms with van der Waals surface area (Å²) in [6.45, 7) is 7.30. The van der Waals surface area contributed by atoms with Crippen molar-refractivity contribution in [2.24, 2.45) is 5.73 Å². The summed E-state index contributed by atoms with van der Waals surface area (Å²) in [5, 5.41) is 10.4. The molecule has 0 aliphatic rings. The average molecular weight is 254 g/mol. The van der Waals surface area contributed by atoms with Crippen LogP contribution in [0.4, 0.5) is 10.5 Å². The second kappa shape index (κ2) is 6.58. The SMILES string of the molecule is CC.CC(C)(OC(N)=O)c1ccc([N+](=O)[O-])cc1. The van der Waals surface area contributed by atoms with Crippen molar-refractivity contribution in [3.05, 3.63) is 39.9 Å². The second-order valence-electron chi connectivity index (χ2n) is 3.74. The minimum atomic E-state index is -0.902. The Bertz CT molecular complexity index is 413. The van der Waals surface area contributed by atoms with Crippen LogP contribution in [0.5, 0.6) is 0 Å². The fourth-order valence-corrected chi connectivity index (χ4v) is 1.29. The molecule has 1 amide bonds. The van der Waals surface area contributed by atoms with Gasteiger partial charge in [0.05, 0.1) is 4.92 Å². The van der Waals surface area contributed by atoms with Crippen LogP contribution in [0.25, 0.3) is 0 Å². The maximum Gasteiger partial charge on any atom is 0.405 e. The number of hydrogen-bond acceptors (Lipinski definition) is 4. The molecular formula is C12H18N2O4. The molecule has 2 N–H and O–H groups in total. The van der Waals surface area contributed by atoms with Crippen LogP contribution in [0.1, 0.15) is 33.3 Å². The van der Waals surface area contributed by atoms with Crippen molar-refractivity contribution < 1.29 is 14.5 Å². The molecule has 0 aliphatic heterocycles. The number of amides is 1. The molecule has 0 atom stereocenters. The summed E-state index contributed by atoms with van der Waals surface area (Å²) < 4.78 is 4.89. The number of hydrogen-bond donors (Lipinski definition) is 1. The molecule has 0 unspecified atom stereocenters. The van der Waals surface area contributed by atoms with E-state index in [1.165, 1.54) is 24.3 Å². The molecule has 100 valence electrons. The number of benzene rings is 1. The fraction of sp³-hybridized carbons (Fsp3) is 0.417. The summed E-state index contributed by atoms with van der Waals surface area (Å²) in [6, 6.07) is 5.75. The van der Waals surface area contributed by atoms with E-state index in [9.17, 15) is 14.9 Å². The average Bonchev–Trinajstić information content (AvgIpc) is 2.30. The van der Waals surface area contributed by atoms with Crippen LogP contribution in [-0.2, 0) is 10.3 Å². The van der Waals surface area contributed by atoms with Gasteiger partial charge in [0.15, 0.2) is 0 Å². The smallest absolute Gasteiger partial charge is 0.405 e. The lowest BCUT2D eigenvalue weighted by Crippen LogP contribution is -2.28. The zero-order valence-electron chi connectivity index (χ0n) is 11.0. The molecule has 1 rings (SSSR count). The van der Waals surface area contributed by atoms with Crippen molar-refractivity contribution in [2.75, 3.05) is 0 Å². The molecule has 0 saturated heterocycles. The number of carbonyl (C=O) groups is 1. The zero-order valence-corrected chi connectivity index (χ0v) is 11.0. The van der Waals surface area contributed by atoms with Crippen LogP contribution in [0.2, 0.25) is 0 Å². The highest BCUT2D eigenvalue weighted by Crippen LogP contribution is 2.26. The van der Waals surface area contributed by atoms with Crippen LogP contribution in [0.15, 0.2) is 24.3 Å². The van der Waals surface area contributed by atoms with Crippen molar-refractivity contribution >= 4 is 11.8 Å². The number of primary amides is 1. The highest BCUT2D eigenvalue weighted by Gasteiger charge is 2.24. The van der Waals surface area contributed by atoms with Gasteiger partial charge in [-0.15, -0.1) is 0 Å². The quantitative estimate of drug-likeness (QED) is 0.662. The summed E-state index contributed by atoms with van der Waals surface area (Å²) in [5.74, 6) is 0. The highest BCUT2D eigenvalue weighted by atomic mass is 16.6. The summed E-state index contributed by atoms with van der Waals surface area (Å²) in [4.78, 5) is 20.6. The Hall–Kier alpha value is -2.11. The van der Waals surface area contributed by atoms with E-state index in [-0.39, 0.29) is 5.69 Å². The van der Waals surface area contributed by atoms with E-state index in [0.29, 0.717) is 5.56 Å². The Morgan fingerprint density at radius 2 is 1.72 bits per heavy atom. The van der Waals surface area contributed by atoms with Gasteiger partial charge in [-0.25, -0.2) is 4.79 Å². The van der Waals surface area contributed by atoms with Gasteiger partial charge in [0.25, 0.3) is 5.69 Å². The predicted octanol–water partition coefficient (Wildman–Crippen LogP) is 2.95. The van der Waals surface area contributed by atoms with E-state index >= 15 is 0 Å². The van der Waals surface area contributed by atoms with Crippen molar-refractivity contribution in [3.63, 3.8) is 0 Å². The molecule has 1 aromatic rings. The van der Waals surface area contributed by atoms with Crippen molar-refractivity contribution in [2.45, 2.75) is 33.3 Å². The van der Waals surface area contributed by atoms with Gasteiger partial charge in [0.1, 0.15) is 5.60 Å². The van der Waals surface area contributed by atoms with E-state index in [1.807, 2.05) is 13.8 Å². The van der Waals surface area contributed by atoms with Gasteiger partial charge in [0, 0.05) is 12.1 Å². The molecule has 0 heterocycles. The van der Waals surface area contributed by atoms with E-state index in [1.54, 1.807) is 13.8 Å². The Balaban J connectivity index is 0.00000137. The minimum absolute atomic E-state index is 0.0152. The summed E-state index contributed by atoms with van der Waals surface area (Å²) in [7, 11) is 0. The van der Waals surface area contributed by atoms with Crippen molar-refractivity contribution in [3.8, 4) is 0 Å². The van der Waals surface area contributed by atoms with E-state index in [0.717, 1.165) is 0 Å². The number of nitro groups is 1. The molecular weight excluding hydrogens is 236 g/mol. The normalized spacial score (nSPS) is 10.0. The predicted molar refractivity (Wildman–Crippen MR) is 68.1 cm³/mol. The van der Waals surface area contributed by atoms with Crippen LogP contribution in [-0.4, -0.2) is 11.0 Å². The lowest BCUT2D eigenvalue weighted by molar-refractivity contribution is -0.384. The van der Waals surface area contributed by atoms with Crippen molar-refractivity contribution in [1.29, 1.82) is 0 Å². The van der Waals surface area contributed by atoms with Gasteiger partial charge in [-0.05, 0) is 31.5 Å². The van der Waals surface area contributed by atoms with Crippen LogP contribution in [0, 0.1) is 10.1 Å². The lowest BCUT2D eigenvalue weighted by atomic mass is 9.98. The maximum atomic E-state index is 10.7.